The zero-order valence-corrected chi connectivity index (χ0v) is 17.3. The molecular weight excluding hydrogens is 431 g/mol. The summed E-state index contributed by atoms with van der Waals surface area (Å²) in [6.45, 7) is 2.84. The van der Waals surface area contributed by atoms with Crippen LogP contribution < -0.4 is 9.62 Å². The van der Waals surface area contributed by atoms with Crippen molar-refractivity contribution in [3.63, 3.8) is 0 Å². The fourth-order valence-electron chi connectivity index (χ4n) is 3.04. The molecule has 0 aliphatic carbocycles. The van der Waals surface area contributed by atoms with Crippen molar-refractivity contribution in [3.05, 3.63) is 65.4 Å². The Hall–Kier alpha value is -2.75. The molecule has 1 fully saturated rings. The number of ether oxygens (including phenoxy) is 1. The Morgan fingerprint density at radius 1 is 1.03 bits per heavy atom. The van der Waals surface area contributed by atoms with Gasteiger partial charge in [0.15, 0.2) is 5.82 Å². The predicted octanol–water partition coefficient (Wildman–Crippen LogP) is 3.57. The van der Waals surface area contributed by atoms with E-state index in [-0.39, 0.29) is 9.92 Å². The molecule has 0 unspecified atom stereocenters. The summed E-state index contributed by atoms with van der Waals surface area (Å²) in [5, 5.41) is 8.29. The van der Waals surface area contributed by atoms with E-state index in [4.69, 9.17) is 16.3 Å². The fraction of sp³-hybridized carbons (Fsp3) is 0.200. The van der Waals surface area contributed by atoms with E-state index in [9.17, 15) is 12.8 Å². The molecule has 156 valence electrons. The average Bonchev–Trinajstić information content (AvgIpc) is 2.76. The molecule has 3 aromatic rings. The molecule has 1 aromatic heterocycles. The second kappa shape index (κ2) is 8.55. The van der Waals surface area contributed by atoms with E-state index in [1.165, 1.54) is 0 Å². The van der Waals surface area contributed by atoms with Gasteiger partial charge in [0, 0.05) is 24.3 Å². The number of nitrogens with one attached hydrogen (secondary N) is 1. The van der Waals surface area contributed by atoms with Crippen LogP contribution >= 0.6 is 11.6 Å². The lowest BCUT2D eigenvalue weighted by molar-refractivity contribution is 0.122. The zero-order valence-electron chi connectivity index (χ0n) is 15.8. The largest absolute Gasteiger partial charge is 0.378 e. The molecular formula is C20H18ClFN4O3S. The third-order valence-electron chi connectivity index (χ3n) is 4.60. The summed E-state index contributed by atoms with van der Waals surface area (Å²) in [5.41, 5.74) is 1.65. The number of anilines is 2. The third-order valence-corrected chi connectivity index (χ3v) is 6.27. The maximum atomic E-state index is 13.3. The molecule has 0 atom stereocenters. The van der Waals surface area contributed by atoms with Gasteiger partial charge in [-0.15, -0.1) is 10.2 Å². The first kappa shape index (κ1) is 20.5. The Morgan fingerprint density at radius 2 is 1.83 bits per heavy atom. The highest BCUT2D eigenvalue weighted by atomic mass is 35.5. The zero-order chi connectivity index (χ0) is 21.1. The standard InChI is InChI=1S/C20H18ClFN4O3S/c21-17-13-16(4-5-18(17)22)30(27,28)25-15-3-1-2-14(12-15)19-6-7-20(24-23-19)26-8-10-29-11-9-26/h1-7,12-13,25H,8-11H2. The first-order chi connectivity index (χ1) is 14.4. The molecule has 30 heavy (non-hydrogen) atoms. The lowest BCUT2D eigenvalue weighted by Gasteiger charge is -2.27. The highest BCUT2D eigenvalue weighted by Crippen LogP contribution is 2.25. The quantitative estimate of drug-likeness (QED) is 0.642. The monoisotopic (exact) mass is 448 g/mol. The molecule has 7 nitrogen and oxygen atoms in total. The lowest BCUT2D eigenvalue weighted by atomic mass is 10.1. The summed E-state index contributed by atoms with van der Waals surface area (Å²) in [5.74, 6) is 0.0869. The Morgan fingerprint density at radius 3 is 2.53 bits per heavy atom. The highest BCUT2D eigenvalue weighted by molar-refractivity contribution is 7.92. The van der Waals surface area contributed by atoms with Crippen LogP contribution in [0.2, 0.25) is 5.02 Å². The first-order valence-electron chi connectivity index (χ1n) is 9.17. The van der Waals surface area contributed by atoms with Crippen molar-refractivity contribution in [3.8, 4) is 11.3 Å². The van der Waals surface area contributed by atoms with Crippen LogP contribution in [0.4, 0.5) is 15.9 Å². The molecule has 4 rings (SSSR count). The Balaban J connectivity index is 1.54. The minimum Gasteiger partial charge on any atom is -0.378 e. The van der Waals surface area contributed by atoms with Crippen molar-refractivity contribution in [2.24, 2.45) is 0 Å². The molecule has 0 bridgehead atoms. The third kappa shape index (κ3) is 4.53. The number of benzene rings is 2. The molecule has 2 aromatic carbocycles. The summed E-state index contributed by atoms with van der Waals surface area (Å²) < 4.78 is 46.3. The summed E-state index contributed by atoms with van der Waals surface area (Å²) >= 11 is 5.70. The van der Waals surface area contributed by atoms with Crippen LogP contribution in [-0.2, 0) is 14.8 Å². The van der Waals surface area contributed by atoms with Gasteiger partial charge in [-0.1, -0.05) is 23.7 Å². The predicted molar refractivity (Wildman–Crippen MR) is 113 cm³/mol. The van der Waals surface area contributed by atoms with E-state index in [1.807, 2.05) is 18.2 Å². The van der Waals surface area contributed by atoms with Gasteiger partial charge in [-0.2, -0.15) is 0 Å². The van der Waals surface area contributed by atoms with E-state index < -0.39 is 15.8 Å². The van der Waals surface area contributed by atoms with Crippen LogP contribution in [0.5, 0.6) is 0 Å². The van der Waals surface area contributed by atoms with E-state index in [2.05, 4.69) is 19.8 Å². The summed E-state index contributed by atoms with van der Waals surface area (Å²) in [6, 6.07) is 13.7. The number of aromatic nitrogens is 2. The average molecular weight is 449 g/mol. The maximum absolute atomic E-state index is 13.3. The van der Waals surface area contributed by atoms with Crippen molar-refractivity contribution in [2.45, 2.75) is 4.90 Å². The first-order valence-corrected chi connectivity index (χ1v) is 11.0. The Labute approximate surface area is 178 Å². The Bertz CT molecular complexity index is 1150. The topological polar surface area (TPSA) is 84.4 Å². The van der Waals surface area contributed by atoms with E-state index >= 15 is 0 Å². The molecule has 1 N–H and O–H groups in total. The molecule has 0 radical (unpaired) electrons. The minimum atomic E-state index is -3.93. The fourth-order valence-corrected chi connectivity index (χ4v) is 4.36. The van der Waals surface area contributed by atoms with Gasteiger partial charge in [-0.25, -0.2) is 12.8 Å². The van der Waals surface area contributed by atoms with E-state index in [1.54, 1.807) is 18.2 Å². The number of hydrogen-bond donors (Lipinski definition) is 1. The molecule has 1 aliphatic heterocycles. The Kier molecular flexibility index (Phi) is 5.85. The van der Waals surface area contributed by atoms with Gasteiger partial charge in [0.2, 0.25) is 0 Å². The second-order valence-electron chi connectivity index (χ2n) is 6.64. The van der Waals surface area contributed by atoms with Gasteiger partial charge in [0.25, 0.3) is 10.0 Å². The SMILES string of the molecule is O=S(=O)(Nc1cccc(-c2ccc(N3CCOCC3)nn2)c1)c1ccc(F)c(Cl)c1. The van der Waals surface area contributed by atoms with Crippen LogP contribution in [0.15, 0.2) is 59.5 Å². The van der Waals surface area contributed by atoms with Crippen LogP contribution in [-0.4, -0.2) is 44.9 Å². The number of morpholine rings is 1. The molecule has 0 spiro atoms. The number of sulfonamides is 1. The summed E-state index contributed by atoms with van der Waals surface area (Å²) in [4.78, 5) is 1.97. The maximum Gasteiger partial charge on any atom is 0.261 e. The van der Waals surface area contributed by atoms with Crippen LogP contribution in [0, 0.1) is 5.82 Å². The van der Waals surface area contributed by atoms with E-state index in [0.717, 1.165) is 37.1 Å². The number of nitrogens with zero attached hydrogens (tertiary/aromatic N) is 3. The van der Waals surface area contributed by atoms with Crippen molar-refractivity contribution in [1.82, 2.24) is 10.2 Å². The van der Waals surface area contributed by atoms with Gasteiger partial charge >= 0.3 is 0 Å². The van der Waals surface area contributed by atoms with Crippen LogP contribution in [0.25, 0.3) is 11.3 Å². The normalized spacial score (nSPS) is 14.5. The van der Waals surface area contributed by atoms with Gasteiger partial charge in [0.1, 0.15) is 5.82 Å². The smallest absolute Gasteiger partial charge is 0.261 e. The molecule has 1 aliphatic rings. The van der Waals surface area contributed by atoms with Crippen LogP contribution in [0.1, 0.15) is 0 Å². The van der Waals surface area contributed by atoms with Gasteiger partial charge in [-0.3, -0.25) is 4.72 Å². The number of halogens is 2. The molecule has 0 saturated carbocycles. The van der Waals surface area contributed by atoms with E-state index in [0.29, 0.717) is 30.2 Å². The van der Waals surface area contributed by atoms with Crippen molar-refractivity contribution < 1.29 is 17.5 Å². The molecule has 1 saturated heterocycles. The molecule has 2 heterocycles. The number of hydrogen-bond acceptors (Lipinski definition) is 6. The molecule has 0 amide bonds. The highest BCUT2D eigenvalue weighted by Gasteiger charge is 2.17. The van der Waals surface area contributed by atoms with Crippen LogP contribution in [0.3, 0.4) is 0 Å². The number of rotatable bonds is 5. The van der Waals surface area contributed by atoms with Crippen molar-refractivity contribution in [2.75, 3.05) is 35.9 Å². The molecule has 10 heteroatoms. The van der Waals surface area contributed by atoms with Gasteiger partial charge < -0.3 is 9.64 Å². The van der Waals surface area contributed by atoms with Crippen molar-refractivity contribution in [1.29, 1.82) is 0 Å². The second-order valence-corrected chi connectivity index (χ2v) is 8.73. The van der Waals surface area contributed by atoms with Gasteiger partial charge in [-0.05, 0) is 42.5 Å². The summed E-state index contributed by atoms with van der Waals surface area (Å²) in [6.07, 6.45) is 0. The summed E-state index contributed by atoms with van der Waals surface area (Å²) in [7, 11) is -3.93. The van der Waals surface area contributed by atoms with Gasteiger partial charge in [0.05, 0.1) is 28.8 Å². The van der Waals surface area contributed by atoms with Crippen molar-refractivity contribution >= 4 is 33.1 Å². The minimum absolute atomic E-state index is 0.131. The lowest BCUT2D eigenvalue weighted by Crippen LogP contribution is -2.36.